The van der Waals surface area contributed by atoms with Crippen molar-refractivity contribution < 1.29 is 23.9 Å². The lowest BCUT2D eigenvalue weighted by molar-refractivity contribution is -0.145. The van der Waals surface area contributed by atoms with Crippen LogP contribution >= 0.6 is 0 Å². The average Bonchev–Trinajstić information content (AvgIpc) is 2.91. The van der Waals surface area contributed by atoms with Gasteiger partial charge in [0.05, 0.1) is 20.3 Å². The highest BCUT2D eigenvalue weighted by Gasteiger charge is 2.44. The fraction of sp³-hybridized carbons (Fsp3) is 0.700. The van der Waals surface area contributed by atoms with Gasteiger partial charge >= 0.3 is 6.03 Å². The van der Waals surface area contributed by atoms with E-state index >= 15 is 0 Å². The molecule has 0 radical (unpaired) electrons. The van der Waals surface area contributed by atoms with Gasteiger partial charge in [-0.25, -0.2) is 4.79 Å². The van der Waals surface area contributed by atoms with Crippen LogP contribution in [-0.2, 0) is 16.1 Å². The van der Waals surface area contributed by atoms with Crippen molar-refractivity contribution in [1.29, 1.82) is 0 Å². The molecule has 0 aromatic heterocycles. The van der Waals surface area contributed by atoms with Gasteiger partial charge in [0.2, 0.25) is 11.8 Å². The van der Waals surface area contributed by atoms with Crippen LogP contribution in [0.5, 0.6) is 11.5 Å². The van der Waals surface area contributed by atoms with Crippen LogP contribution in [0, 0.1) is 5.92 Å². The summed E-state index contributed by atoms with van der Waals surface area (Å²) in [4.78, 5) is 44.2. The number of ether oxygens (including phenoxy) is 2. The van der Waals surface area contributed by atoms with E-state index in [-0.39, 0.29) is 36.2 Å². The molecule has 1 aromatic rings. The molecule has 1 heterocycles. The molecule has 0 bridgehead atoms. The maximum absolute atomic E-state index is 13.9. The fourth-order valence-corrected chi connectivity index (χ4v) is 5.68. The molecule has 1 aromatic carbocycles. The number of rotatable bonds is 12. The van der Waals surface area contributed by atoms with Crippen LogP contribution in [-0.4, -0.2) is 73.1 Å². The molecule has 9 nitrogen and oxygen atoms in total. The molecule has 1 aliphatic heterocycles. The Labute approximate surface area is 234 Å². The molecule has 2 aliphatic rings. The lowest BCUT2D eigenvalue weighted by Crippen LogP contribution is -2.66. The van der Waals surface area contributed by atoms with Crippen LogP contribution in [0.1, 0.15) is 84.1 Å². The third-order valence-electron chi connectivity index (χ3n) is 7.71. The van der Waals surface area contributed by atoms with E-state index in [0.29, 0.717) is 37.6 Å². The summed E-state index contributed by atoms with van der Waals surface area (Å²) in [7, 11) is 3.17. The van der Waals surface area contributed by atoms with Crippen molar-refractivity contribution in [2.45, 2.75) is 103 Å². The molecule has 2 N–H and O–H groups in total. The largest absolute Gasteiger partial charge is 0.493 e. The zero-order valence-corrected chi connectivity index (χ0v) is 24.5. The first-order valence-electron chi connectivity index (χ1n) is 14.6. The number of benzene rings is 1. The van der Waals surface area contributed by atoms with Gasteiger partial charge in [-0.3, -0.25) is 9.59 Å². The first-order chi connectivity index (χ1) is 18.8. The second-order valence-electron chi connectivity index (χ2n) is 11.3. The predicted molar refractivity (Wildman–Crippen MR) is 152 cm³/mol. The van der Waals surface area contributed by atoms with Crippen LogP contribution in [0.3, 0.4) is 0 Å². The number of methoxy groups -OCH3 is 2. The molecule has 2 fully saturated rings. The highest BCUT2D eigenvalue weighted by molar-refractivity contribution is 5.89. The smallest absolute Gasteiger partial charge is 0.318 e. The van der Waals surface area contributed by atoms with Crippen LogP contribution in [0.15, 0.2) is 18.2 Å². The molecule has 39 heavy (non-hydrogen) atoms. The van der Waals surface area contributed by atoms with E-state index in [4.69, 9.17) is 9.47 Å². The Morgan fingerprint density at radius 3 is 2.44 bits per heavy atom. The van der Waals surface area contributed by atoms with E-state index in [1.165, 1.54) is 6.42 Å². The summed E-state index contributed by atoms with van der Waals surface area (Å²) in [5.74, 6) is 1.24. The normalized spacial score (nSPS) is 20.2. The predicted octanol–water partition coefficient (Wildman–Crippen LogP) is 4.48. The van der Waals surface area contributed by atoms with Gasteiger partial charge in [0.15, 0.2) is 11.5 Å². The summed E-state index contributed by atoms with van der Waals surface area (Å²) in [5, 5.41) is 6.21. The first kappa shape index (κ1) is 30.6. The third-order valence-corrected chi connectivity index (χ3v) is 7.71. The van der Waals surface area contributed by atoms with Gasteiger partial charge in [-0.2, -0.15) is 0 Å². The summed E-state index contributed by atoms with van der Waals surface area (Å²) < 4.78 is 10.8. The molecular weight excluding hydrogens is 496 g/mol. The zero-order chi connectivity index (χ0) is 28.4. The van der Waals surface area contributed by atoms with Crippen LogP contribution in [0.25, 0.3) is 0 Å². The Bertz CT molecular complexity index is 963. The molecule has 1 saturated heterocycles. The third kappa shape index (κ3) is 8.51. The van der Waals surface area contributed by atoms with Gasteiger partial charge in [-0.1, -0.05) is 52.5 Å². The van der Waals surface area contributed by atoms with E-state index in [0.717, 1.165) is 44.1 Å². The Kier molecular flexibility index (Phi) is 11.7. The quantitative estimate of drug-likeness (QED) is 0.378. The van der Waals surface area contributed by atoms with E-state index in [2.05, 4.69) is 31.4 Å². The minimum absolute atomic E-state index is 0.0834. The van der Waals surface area contributed by atoms with Gasteiger partial charge in [0.25, 0.3) is 0 Å². The van der Waals surface area contributed by atoms with Crippen molar-refractivity contribution in [3.05, 3.63) is 23.8 Å². The summed E-state index contributed by atoms with van der Waals surface area (Å²) >= 11 is 0. The minimum atomic E-state index is -0.629. The summed E-state index contributed by atoms with van der Waals surface area (Å²) in [6.07, 6.45) is 7.89. The number of nitrogens with one attached hydrogen (secondary N) is 2. The van der Waals surface area contributed by atoms with Crippen molar-refractivity contribution in [2.75, 3.05) is 27.3 Å². The molecule has 4 amide bonds. The number of nitrogens with zero attached hydrogens (tertiary/aromatic N) is 2. The number of hydrogen-bond acceptors (Lipinski definition) is 5. The van der Waals surface area contributed by atoms with E-state index in [9.17, 15) is 14.4 Å². The van der Waals surface area contributed by atoms with Crippen LogP contribution in [0.2, 0.25) is 0 Å². The molecule has 1 saturated carbocycles. The molecular formula is C30H48N4O5. The van der Waals surface area contributed by atoms with Gasteiger partial charge in [-0.05, 0) is 49.3 Å². The standard InChI is InChI=1S/C30H48N4O5/c1-6-7-15-31-28(35)18-24-20-33(19-22-13-14-26(38-4)27(17-22)39-5)29(36)25(16-21(2)3)34(24)30(37)32-23-11-9-8-10-12-23/h13-14,17,21,23-25H,6-12,15-16,18-20H2,1-5H3,(H,31,35)(H,32,37)/t24-,25+/m1/s1. The highest BCUT2D eigenvalue weighted by atomic mass is 16.5. The maximum atomic E-state index is 13.9. The Morgan fingerprint density at radius 1 is 1.08 bits per heavy atom. The second kappa shape index (κ2) is 15.0. The summed E-state index contributed by atoms with van der Waals surface area (Å²) in [6, 6.07) is 4.46. The van der Waals surface area contributed by atoms with Crippen LogP contribution < -0.4 is 20.1 Å². The number of carbonyl (C=O) groups excluding carboxylic acids is 3. The molecule has 218 valence electrons. The zero-order valence-electron chi connectivity index (χ0n) is 24.5. The van der Waals surface area contributed by atoms with Crippen molar-refractivity contribution in [1.82, 2.24) is 20.4 Å². The van der Waals surface area contributed by atoms with Crippen LogP contribution in [0.4, 0.5) is 4.79 Å². The summed E-state index contributed by atoms with van der Waals surface area (Å²) in [6.45, 7) is 7.47. The number of piperazine rings is 1. The molecule has 9 heteroatoms. The molecule has 0 spiro atoms. The second-order valence-corrected chi connectivity index (χ2v) is 11.3. The molecule has 1 aliphatic carbocycles. The van der Waals surface area contributed by atoms with Gasteiger partial charge in [0, 0.05) is 32.1 Å². The monoisotopic (exact) mass is 544 g/mol. The SMILES string of the molecule is CCCCNC(=O)C[C@@H]1CN(Cc2ccc(OC)c(OC)c2)C(=O)[C@H](CC(C)C)N1C(=O)NC1CCCCC1. The minimum Gasteiger partial charge on any atom is -0.493 e. The number of amides is 4. The Morgan fingerprint density at radius 2 is 1.79 bits per heavy atom. The Balaban J connectivity index is 1.88. The van der Waals surface area contributed by atoms with Crippen molar-refractivity contribution >= 4 is 17.8 Å². The number of urea groups is 1. The lowest BCUT2D eigenvalue weighted by Gasteiger charge is -2.47. The molecule has 2 atom stereocenters. The fourth-order valence-electron chi connectivity index (χ4n) is 5.68. The van der Waals surface area contributed by atoms with Crippen molar-refractivity contribution in [2.24, 2.45) is 5.92 Å². The first-order valence-corrected chi connectivity index (χ1v) is 14.6. The number of unbranched alkanes of at least 4 members (excludes halogenated alkanes) is 1. The van der Waals surface area contributed by atoms with E-state index in [1.54, 1.807) is 24.0 Å². The number of hydrogen-bond donors (Lipinski definition) is 2. The highest BCUT2D eigenvalue weighted by Crippen LogP contribution is 2.31. The lowest BCUT2D eigenvalue weighted by atomic mass is 9.93. The van der Waals surface area contributed by atoms with Gasteiger partial charge < -0.3 is 29.9 Å². The van der Waals surface area contributed by atoms with E-state index in [1.807, 2.05) is 18.2 Å². The Hall–Kier alpha value is -2.97. The van der Waals surface area contributed by atoms with Crippen molar-refractivity contribution in [3.8, 4) is 11.5 Å². The van der Waals surface area contributed by atoms with Gasteiger partial charge in [-0.15, -0.1) is 0 Å². The summed E-state index contributed by atoms with van der Waals surface area (Å²) in [5.41, 5.74) is 0.899. The van der Waals surface area contributed by atoms with E-state index < -0.39 is 12.1 Å². The van der Waals surface area contributed by atoms with Crippen molar-refractivity contribution in [3.63, 3.8) is 0 Å². The topological polar surface area (TPSA) is 100 Å². The maximum Gasteiger partial charge on any atom is 0.318 e. The molecule has 3 rings (SSSR count). The van der Waals surface area contributed by atoms with Gasteiger partial charge in [0.1, 0.15) is 6.04 Å². The average molecular weight is 545 g/mol. The number of carbonyl (C=O) groups is 3. The molecule has 0 unspecified atom stereocenters.